The fraction of sp³-hybridized carbons (Fsp3) is 0. The molecule has 0 radical (unpaired) electrons. The van der Waals surface area contributed by atoms with Gasteiger partial charge in [0.1, 0.15) is 0 Å². The van der Waals surface area contributed by atoms with Crippen molar-refractivity contribution in [2.75, 3.05) is 4.90 Å². The number of hydrogen-bond donors (Lipinski definition) is 0. The highest BCUT2D eigenvalue weighted by Crippen LogP contribution is 2.43. The first kappa shape index (κ1) is 35.6. The smallest absolute Gasteiger partial charge is 0.0467 e. The van der Waals surface area contributed by atoms with Crippen molar-refractivity contribution in [3.8, 4) is 55.6 Å². The number of nitrogens with zero attached hydrogens (tertiary/aromatic N) is 1. The second-order valence-electron chi connectivity index (χ2n) is 15.3. The van der Waals surface area contributed by atoms with Gasteiger partial charge in [0.25, 0.3) is 0 Å². The molecule has 1 nitrogen and oxygen atoms in total. The minimum Gasteiger partial charge on any atom is -0.310 e. The number of thiophene rings is 1. The molecule has 11 aromatic rings. The van der Waals surface area contributed by atoms with Crippen molar-refractivity contribution in [3.63, 3.8) is 0 Å². The van der Waals surface area contributed by atoms with Crippen LogP contribution in [0.3, 0.4) is 0 Å². The predicted molar refractivity (Wildman–Crippen MR) is 259 cm³/mol. The highest BCUT2D eigenvalue weighted by Gasteiger charge is 2.17. The maximum absolute atomic E-state index is 2.38. The van der Waals surface area contributed by atoms with E-state index < -0.39 is 0 Å². The van der Waals surface area contributed by atoms with Crippen LogP contribution in [-0.4, -0.2) is 0 Å². The third-order valence-electron chi connectivity index (χ3n) is 11.7. The molecule has 0 saturated carbocycles. The lowest BCUT2D eigenvalue weighted by Gasteiger charge is -2.27. The van der Waals surface area contributed by atoms with Gasteiger partial charge in [-0.1, -0.05) is 176 Å². The van der Waals surface area contributed by atoms with Crippen LogP contribution in [0.1, 0.15) is 0 Å². The summed E-state index contributed by atoms with van der Waals surface area (Å²) in [7, 11) is 0. The average Bonchev–Trinajstić information content (AvgIpc) is 3.72. The quantitative estimate of drug-likeness (QED) is 0.148. The zero-order chi connectivity index (χ0) is 39.8. The topological polar surface area (TPSA) is 3.24 Å². The molecule has 0 amide bonds. The Morgan fingerprint density at radius 1 is 0.267 bits per heavy atom. The molecule has 0 unspecified atom stereocenters. The number of hydrogen-bond acceptors (Lipinski definition) is 2. The van der Waals surface area contributed by atoms with Crippen molar-refractivity contribution in [1.29, 1.82) is 0 Å². The molecule has 0 spiro atoms. The van der Waals surface area contributed by atoms with Gasteiger partial charge in [-0.25, -0.2) is 0 Å². The van der Waals surface area contributed by atoms with Crippen LogP contribution in [0.25, 0.3) is 86.6 Å². The predicted octanol–water partition coefficient (Wildman–Crippen LogP) is 17.0. The molecule has 0 aliphatic carbocycles. The van der Waals surface area contributed by atoms with Crippen molar-refractivity contribution >= 4 is 59.3 Å². The summed E-state index contributed by atoms with van der Waals surface area (Å²) in [6.45, 7) is 0. The van der Waals surface area contributed by atoms with Crippen LogP contribution in [0.5, 0.6) is 0 Å². The SMILES string of the molecule is c1ccc(-c2ccccc2-c2cccc(N(c3ccc(-c4cccc(-c5ccc6ccccc6c5)c4)cc3)c3ccc(-c4cccc5sc6ccccc6c45)cc3)c2)cc1. The van der Waals surface area contributed by atoms with Crippen molar-refractivity contribution in [1.82, 2.24) is 0 Å². The Balaban J connectivity index is 0.995. The first-order valence-electron chi connectivity index (χ1n) is 20.5. The molecule has 2 heteroatoms. The van der Waals surface area contributed by atoms with Gasteiger partial charge in [0.15, 0.2) is 0 Å². The zero-order valence-corrected chi connectivity index (χ0v) is 33.7. The maximum Gasteiger partial charge on any atom is 0.0467 e. The van der Waals surface area contributed by atoms with E-state index in [2.05, 4.69) is 241 Å². The summed E-state index contributed by atoms with van der Waals surface area (Å²) in [4.78, 5) is 2.38. The van der Waals surface area contributed by atoms with Crippen LogP contribution in [0.15, 0.2) is 237 Å². The van der Waals surface area contributed by atoms with Crippen molar-refractivity contribution in [2.24, 2.45) is 0 Å². The van der Waals surface area contributed by atoms with E-state index in [1.54, 1.807) is 0 Å². The van der Waals surface area contributed by atoms with Gasteiger partial charge in [0.05, 0.1) is 0 Å². The fourth-order valence-corrected chi connectivity index (χ4v) is 9.85. The molecule has 10 aromatic carbocycles. The van der Waals surface area contributed by atoms with Gasteiger partial charge in [-0.05, 0) is 127 Å². The van der Waals surface area contributed by atoms with Gasteiger partial charge in [-0.3, -0.25) is 0 Å². The molecule has 0 aliphatic rings. The van der Waals surface area contributed by atoms with E-state index in [1.807, 2.05) is 11.3 Å². The van der Waals surface area contributed by atoms with E-state index in [-0.39, 0.29) is 0 Å². The molecular formula is C58H39NS. The van der Waals surface area contributed by atoms with Crippen molar-refractivity contribution in [2.45, 2.75) is 0 Å². The van der Waals surface area contributed by atoms with Crippen LogP contribution in [-0.2, 0) is 0 Å². The molecule has 11 rings (SSSR count). The lowest BCUT2D eigenvalue weighted by Crippen LogP contribution is -2.10. The van der Waals surface area contributed by atoms with Crippen molar-refractivity contribution < 1.29 is 0 Å². The van der Waals surface area contributed by atoms with Crippen LogP contribution in [0.4, 0.5) is 17.1 Å². The summed E-state index contributed by atoms with van der Waals surface area (Å²) in [6, 6.07) is 86.1. The Morgan fingerprint density at radius 2 is 0.783 bits per heavy atom. The van der Waals surface area contributed by atoms with E-state index in [4.69, 9.17) is 0 Å². The van der Waals surface area contributed by atoms with E-state index in [0.29, 0.717) is 0 Å². The van der Waals surface area contributed by atoms with Gasteiger partial charge < -0.3 is 4.90 Å². The lowest BCUT2D eigenvalue weighted by atomic mass is 9.94. The summed E-state index contributed by atoms with van der Waals surface area (Å²) in [6.07, 6.45) is 0. The molecule has 282 valence electrons. The van der Waals surface area contributed by atoms with E-state index in [9.17, 15) is 0 Å². The Bertz CT molecular complexity index is 3310. The molecule has 0 atom stereocenters. The van der Waals surface area contributed by atoms with Crippen LogP contribution < -0.4 is 4.90 Å². The highest BCUT2D eigenvalue weighted by atomic mass is 32.1. The summed E-state index contributed by atoms with van der Waals surface area (Å²) in [5, 5.41) is 5.15. The summed E-state index contributed by atoms with van der Waals surface area (Å²) in [5.74, 6) is 0. The second-order valence-corrected chi connectivity index (χ2v) is 16.4. The first-order chi connectivity index (χ1) is 29.7. The number of anilines is 3. The molecule has 0 aliphatic heterocycles. The Labute approximate surface area is 354 Å². The maximum atomic E-state index is 2.38. The number of fused-ring (bicyclic) bond motifs is 4. The monoisotopic (exact) mass is 781 g/mol. The molecule has 0 N–H and O–H groups in total. The molecule has 0 saturated heterocycles. The Kier molecular flexibility index (Phi) is 9.11. The second kappa shape index (κ2) is 15.3. The van der Waals surface area contributed by atoms with Gasteiger partial charge >= 0.3 is 0 Å². The fourth-order valence-electron chi connectivity index (χ4n) is 8.72. The molecule has 1 aromatic heterocycles. The van der Waals surface area contributed by atoms with Crippen LogP contribution >= 0.6 is 11.3 Å². The Morgan fingerprint density at radius 3 is 1.58 bits per heavy atom. The number of benzene rings is 10. The van der Waals surface area contributed by atoms with E-state index in [0.717, 1.165) is 17.1 Å². The minimum atomic E-state index is 1.09. The van der Waals surface area contributed by atoms with Gasteiger partial charge in [-0.15, -0.1) is 11.3 Å². The standard InChI is InChI=1S/C58H39NS/c1-2-14-42(15-3-1)52-21-6-7-22-53(52)48-19-11-20-51(39-48)59(50-35-31-43(32-36-50)54-24-12-26-57-58(54)55-23-8-9-25-56(55)60-57)49-33-29-41(30-34-49)45-17-10-18-46(37-45)47-28-27-40-13-4-5-16-44(40)38-47/h1-39H. The first-order valence-corrected chi connectivity index (χ1v) is 21.3. The molecule has 60 heavy (non-hydrogen) atoms. The van der Waals surface area contributed by atoms with Gasteiger partial charge in [-0.2, -0.15) is 0 Å². The van der Waals surface area contributed by atoms with Gasteiger partial charge in [0.2, 0.25) is 0 Å². The van der Waals surface area contributed by atoms with E-state index in [1.165, 1.54) is 86.6 Å². The summed E-state index contributed by atoms with van der Waals surface area (Å²) < 4.78 is 2.63. The molecule has 0 bridgehead atoms. The van der Waals surface area contributed by atoms with Gasteiger partial charge in [0, 0.05) is 37.2 Å². The summed E-state index contributed by atoms with van der Waals surface area (Å²) in [5.41, 5.74) is 15.4. The number of rotatable bonds is 8. The third kappa shape index (κ3) is 6.63. The normalized spacial score (nSPS) is 11.3. The minimum absolute atomic E-state index is 1.09. The molecule has 1 heterocycles. The summed E-state index contributed by atoms with van der Waals surface area (Å²) >= 11 is 1.86. The average molecular weight is 782 g/mol. The van der Waals surface area contributed by atoms with Crippen molar-refractivity contribution in [3.05, 3.63) is 237 Å². The lowest BCUT2D eigenvalue weighted by molar-refractivity contribution is 1.28. The molecular weight excluding hydrogens is 743 g/mol. The van der Waals surface area contributed by atoms with Crippen LogP contribution in [0.2, 0.25) is 0 Å². The largest absolute Gasteiger partial charge is 0.310 e. The molecule has 0 fully saturated rings. The third-order valence-corrected chi connectivity index (χ3v) is 12.8. The highest BCUT2D eigenvalue weighted by molar-refractivity contribution is 7.25. The van der Waals surface area contributed by atoms with Crippen LogP contribution in [0, 0.1) is 0 Å². The zero-order valence-electron chi connectivity index (χ0n) is 32.9. The Hall–Kier alpha value is -7.52. The van der Waals surface area contributed by atoms with E-state index >= 15 is 0 Å².